The maximum atomic E-state index is 11.9. The summed E-state index contributed by atoms with van der Waals surface area (Å²) >= 11 is 1.05. The summed E-state index contributed by atoms with van der Waals surface area (Å²) in [5.74, 6) is -0.751. The number of amides is 1. The molecule has 0 radical (unpaired) electrons. The number of carbonyl (C=O) groups is 2. The second-order valence-electron chi connectivity index (χ2n) is 4.45. The average molecular weight is 334 g/mol. The molecule has 9 heteroatoms. The third kappa shape index (κ3) is 4.65. The van der Waals surface area contributed by atoms with Crippen LogP contribution in [0.25, 0.3) is 0 Å². The number of rotatable bonds is 5. The van der Waals surface area contributed by atoms with Gasteiger partial charge < -0.3 is 10.1 Å². The summed E-state index contributed by atoms with van der Waals surface area (Å²) < 4.78 is 4.62. The van der Waals surface area contributed by atoms with Crippen molar-refractivity contribution >= 4 is 29.3 Å². The van der Waals surface area contributed by atoms with E-state index in [1.54, 1.807) is 25.1 Å². The number of aryl methyl sites for hydroxylation is 1. The van der Waals surface area contributed by atoms with E-state index >= 15 is 0 Å². The number of hydrogen-bond acceptors (Lipinski definition) is 7. The Bertz CT molecular complexity index is 790. The molecule has 1 aromatic carbocycles. The lowest BCUT2D eigenvalue weighted by molar-refractivity contribution is -0.113. The Morgan fingerprint density at radius 2 is 2.13 bits per heavy atom. The van der Waals surface area contributed by atoms with Gasteiger partial charge in [-0.3, -0.25) is 14.6 Å². The molecule has 2 aromatic rings. The highest BCUT2D eigenvalue weighted by Gasteiger charge is 2.09. The van der Waals surface area contributed by atoms with Gasteiger partial charge in [-0.2, -0.15) is 0 Å². The summed E-state index contributed by atoms with van der Waals surface area (Å²) in [7, 11) is 1.29. The van der Waals surface area contributed by atoms with Gasteiger partial charge in [0.1, 0.15) is 5.69 Å². The van der Waals surface area contributed by atoms with E-state index in [0.29, 0.717) is 11.3 Å². The van der Waals surface area contributed by atoms with Crippen molar-refractivity contribution in [1.29, 1.82) is 0 Å². The van der Waals surface area contributed by atoms with E-state index in [-0.39, 0.29) is 28.1 Å². The van der Waals surface area contributed by atoms with E-state index in [2.05, 4.69) is 25.2 Å². The minimum Gasteiger partial charge on any atom is -0.465 e. The van der Waals surface area contributed by atoms with Crippen LogP contribution in [0.5, 0.6) is 0 Å². The smallest absolute Gasteiger partial charge is 0.337 e. The number of H-pyrrole nitrogens is 1. The first-order valence-electron chi connectivity index (χ1n) is 6.54. The highest BCUT2D eigenvalue weighted by molar-refractivity contribution is 7.99. The normalized spacial score (nSPS) is 10.2. The van der Waals surface area contributed by atoms with E-state index in [0.717, 1.165) is 11.8 Å². The molecule has 0 spiro atoms. The van der Waals surface area contributed by atoms with Gasteiger partial charge >= 0.3 is 5.97 Å². The summed E-state index contributed by atoms with van der Waals surface area (Å²) in [5, 5.41) is 10.4. The van der Waals surface area contributed by atoms with Crippen molar-refractivity contribution in [2.45, 2.75) is 12.1 Å². The number of nitrogens with zero attached hydrogens (tertiary/aromatic N) is 2. The molecule has 120 valence electrons. The molecular weight excluding hydrogens is 320 g/mol. The molecule has 0 atom stereocenters. The molecule has 23 heavy (non-hydrogen) atoms. The number of nitrogens with one attached hydrogen (secondary N) is 2. The SMILES string of the molecule is COC(=O)c1cccc(NC(=O)CSc2nnc(C)c(=O)[nH]2)c1. The Kier molecular flexibility index (Phi) is 5.47. The number of methoxy groups -OCH3 is 1. The zero-order valence-electron chi connectivity index (χ0n) is 12.5. The average Bonchev–Trinajstić information content (AvgIpc) is 2.55. The van der Waals surface area contributed by atoms with Gasteiger partial charge in [-0.05, 0) is 25.1 Å². The Morgan fingerprint density at radius 1 is 1.35 bits per heavy atom. The molecule has 0 bridgehead atoms. The minimum atomic E-state index is -0.483. The Hall–Kier alpha value is -2.68. The number of anilines is 1. The lowest BCUT2D eigenvalue weighted by Crippen LogP contribution is -2.17. The number of hydrogen-bond donors (Lipinski definition) is 2. The van der Waals surface area contributed by atoms with Crippen molar-refractivity contribution in [2.75, 3.05) is 18.2 Å². The molecule has 1 aromatic heterocycles. The van der Waals surface area contributed by atoms with Gasteiger partial charge in [0.25, 0.3) is 5.56 Å². The monoisotopic (exact) mass is 334 g/mol. The molecule has 1 heterocycles. The standard InChI is InChI=1S/C14H14N4O4S/c1-8-12(20)16-14(18-17-8)23-7-11(19)15-10-5-3-4-9(6-10)13(21)22-2/h3-6H,7H2,1-2H3,(H,15,19)(H,16,18,20). The van der Waals surface area contributed by atoms with Gasteiger partial charge in [0.15, 0.2) is 5.16 Å². The maximum absolute atomic E-state index is 11.9. The molecule has 0 saturated heterocycles. The first-order chi connectivity index (χ1) is 11.0. The predicted octanol–water partition coefficient (Wildman–Crippen LogP) is 0.991. The van der Waals surface area contributed by atoms with Crippen LogP contribution in [0.2, 0.25) is 0 Å². The van der Waals surface area contributed by atoms with Crippen LogP contribution in [-0.2, 0) is 9.53 Å². The molecule has 1 amide bonds. The number of carbonyl (C=O) groups excluding carboxylic acids is 2. The van der Waals surface area contributed by atoms with Gasteiger partial charge in [0.2, 0.25) is 5.91 Å². The molecular formula is C14H14N4O4S. The lowest BCUT2D eigenvalue weighted by atomic mass is 10.2. The van der Waals surface area contributed by atoms with Gasteiger partial charge in [-0.25, -0.2) is 4.79 Å². The fourth-order valence-electron chi connectivity index (χ4n) is 1.62. The molecule has 2 rings (SSSR count). The number of benzene rings is 1. The van der Waals surface area contributed by atoms with Gasteiger partial charge in [0, 0.05) is 5.69 Å². The zero-order chi connectivity index (χ0) is 16.8. The van der Waals surface area contributed by atoms with Crippen molar-refractivity contribution in [3.8, 4) is 0 Å². The molecule has 0 fully saturated rings. The summed E-state index contributed by atoms with van der Waals surface area (Å²) in [6.07, 6.45) is 0. The molecule has 0 aliphatic rings. The molecule has 0 unspecified atom stereocenters. The van der Waals surface area contributed by atoms with Gasteiger partial charge in [-0.1, -0.05) is 17.8 Å². The molecule has 0 aliphatic heterocycles. The van der Waals surface area contributed by atoms with E-state index in [1.807, 2.05) is 0 Å². The molecule has 2 N–H and O–H groups in total. The first-order valence-corrected chi connectivity index (χ1v) is 7.53. The second kappa shape index (κ2) is 7.54. The Morgan fingerprint density at radius 3 is 2.83 bits per heavy atom. The van der Waals surface area contributed by atoms with E-state index < -0.39 is 5.97 Å². The zero-order valence-corrected chi connectivity index (χ0v) is 13.3. The lowest BCUT2D eigenvalue weighted by Gasteiger charge is -2.06. The highest BCUT2D eigenvalue weighted by atomic mass is 32.2. The highest BCUT2D eigenvalue weighted by Crippen LogP contribution is 2.14. The minimum absolute atomic E-state index is 0.0378. The Balaban J connectivity index is 1.95. The largest absolute Gasteiger partial charge is 0.465 e. The van der Waals surface area contributed by atoms with Crippen molar-refractivity contribution < 1.29 is 14.3 Å². The van der Waals surface area contributed by atoms with Crippen LogP contribution in [0.4, 0.5) is 5.69 Å². The number of thioether (sulfide) groups is 1. The van der Waals surface area contributed by atoms with E-state index in [4.69, 9.17) is 0 Å². The third-order valence-electron chi connectivity index (χ3n) is 2.75. The van der Waals surface area contributed by atoms with Crippen molar-refractivity contribution in [3.63, 3.8) is 0 Å². The number of esters is 1. The van der Waals surface area contributed by atoms with Crippen LogP contribution in [0.1, 0.15) is 16.1 Å². The van der Waals surface area contributed by atoms with Crippen LogP contribution < -0.4 is 10.9 Å². The summed E-state index contributed by atoms with van der Waals surface area (Å²) in [5.41, 5.74) is 0.737. The van der Waals surface area contributed by atoms with Crippen LogP contribution >= 0.6 is 11.8 Å². The summed E-state index contributed by atoms with van der Waals surface area (Å²) in [6, 6.07) is 6.39. The number of aromatic nitrogens is 3. The summed E-state index contributed by atoms with van der Waals surface area (Å²) in [6.45, 7) is 1.54. The van der Waals surface area contributed by atoms with Gasteiger partial charge in [0.05, 0.1) is 18.4 Å². The molecule has 8 nitrogen and oxygen atoms in total. The number of ether oxygens (including phenoxy) is 1. The van der Waals surface area contributed by atoms with Crippen LogP contribution in [0, 0.1) is 6.92 Å². The van der Waals surface area contributed by atoms with Crippen molar-refractivity contribution in [1.82, 2.24) is 15.2 Å². The molecule has 0 saturated carbocycles. The summed E-state index contributed by atoms with van der Waals surface area (Å²) in [4.78, 5) is 37.2. The fraction of sp³-hybridized carbons (Fsp3) is 0.214. The van der Waals surface area contributed by atoms with E-state index in [9.17, 15) is 14.4 Å². The van der Waals surface area contributed by atoms with Gasteiger partial charge in [-0.15, -0.1) is 10.2 Å². The fourth-order valence-corrected chi connectivity index (χ4v) is 2.22. The Labute approximate surface area is 135 Å². The quantitative estimate of drug-likeness (QED) is 0.619. The van der Waals surface area contributed by atoms with Crippen LogP contribution in [-0.4, -0.2) is 39.9 Å². The first kappa shape index (κ1) is 16.7. The molecule has 0 aliphatic carbocycles. The number of aromatic amines is 1. The van der Waals surface area contributed by atoms with Crippen molar-refractivity contribution in [3.05, 3.63) is 45.9 Å². The topological polar surface area (TPSA) is 114 Å². The predicted molar refractivity (Wildman–Crippen MR) is 84.5 cm³/mol. The van der Waals surface area contributed by atoms with E-state index in [1.165, 1.54) is 13.2 Å². The van der Waals surface area contributed by atoms with Crippen molar-refractivity contribution in [2.24, 2.45) is 0 Å². The second-order valence-corrected chi connectivity index (χ2v) is 5.42. The van der Waals surface area contributed by atoms with Crippen LogP contribution in [0.3, 0.4) is 0 Å². The van der Waals surface area contributed by atoms with Crippen LogP contribution in [0.15, 0.2) is 34.2 Å². The third-order valence-corrected chi connectivity index (χ3v) is 3.61. The maximum Gasteiger partial charge on any atom is 0.337 e.